The minimum absolute atomic E-state index is 0.0301. The molecule has 0 saturated heterocycles. The van der Waals surface area contributed by atoms with Crippen LogP contribution in [0.4, 0.5) is 11.4 Å². The Morgan fingerprint density at radius 3 is 2.56 bits per heavy atom. The van der Waals surface area contributed by atoms with Crippen LogP contribution in [0.25, 0.3) is 0 Å². The van der Waals surface area contributed by atoms with E-state index in [2.05, 4.69) is 4.42 Å². The topological polar surface area (TPSA) is 82.2 Å². The van der Waals surface area contributed by atoms with Gasteiger partial charge in [-0.1, -0.05) is 0 Å². The van der Waals surface area contributed by atoms with Crippen molar-refractivity contribution in [3.63, 3.8) is 0 Å². The highest BCUT2D eigenvalue weighted by molar-refractivity contribution is 5.59. The number of anilines is 2. The molecule has 1 rings (SSSR count). The first-order chi connectivity index (χ1) is 4.22. The normalized spacial score (nSPS) is 9.33. The first kappa shape index (κ1) is 5.68. The van der Waals surface area contributed by atoms with Crippen molar-refractivity contribution in [3.05, 3.63) is 22.7 Å². The monoisotopic (exact) mass is 126 g/mol. The highest BCUT2D eigenvalue weighted by Crippen LogP contribution is 2.04. The summed E-state index contributed by atoms with van der Waals surface area (Å²) < 4.78 is 4.38. The molecule has 1 heterocycles. The van der Waals surface area contributed by atoms with E-state index in [1.165, 1.54) is 12.3 Å². The van der Waals surface area contributed by atoms with Gasteiger partial charge < -0.3 is 15.9 Å². The van der Waals surface area contributed by atoms with Gasteiger partial charge in [0, 0.05) is 0 Å². The molecule has 0 bridgehead atoms. The van der Waals surface area contributed by atoms with Gasteiger partial charge in [-0.05, 0) is 6.07 Å². The molecule has 0 amide bonds. The second-order valence-electron chi connectivity index (χ2n) is 1.58. The van der Waals surface area contributed by atoms with Crippen molar-refractivity contribution in [1.82, 2.24) is 0 Å². The summed E-state index contributed by atoms with van der Waals surface area (Å²) in [4.78, 5) is 10.5. The Kier molecular flexibility index (Phi) is 1.14. The molecule has 4 N–H and O–H groups in total. The molecule has 0 unspecified atom stereocenters. The molecule has 9 heavy (non-hydrogen) atoms. The summed E-state index contributed by atoms with van der Waals surface area (Å²) >= 11 is 0. The maximum Gasteiger partial charge on any atom is 0.361 e. The zero-order valence-corrected chi connectivity index (χ0v) is 4.63. The van der Waals surface area contributed by atoms with Crippen molar-refractivity contribution in [2.24, 2.45) is 0 Å². The third kappa shape index (κ3) is 0.861. The SMILES string of the molecule is Nc1ccoc(=O)c1N. The predicted octanol–water partition coefficient (Wildman–Crippen LogP) is -0.196. The average molecular weight is 126 g/mol. The van der Waals surface area contributed by atoms with Crippen molar-refractivity contribution in [2.75, 3.05) is 11.5 Å². The van der Waals surface area contributed by atoms with E-state index in [1.54, 1.807) is 0 Å². The molecule has 0 fully saturated rings. The quantitative estimate of drug-likeness (QED) is 0.504. The first-order valence-corrected chi connectivity index (χ1v) is 2.34. The van der Waals surface area contributed by atoms with Crippen LogP contribution >= 0.6 is 0 Å². The van der Waals surface area contributed by atoms with E-state index in [4.69, 9.17) is 11.5 Å². The molecule has 0 atom stereocenters. The molecule has 1 aromatic heterocycles. The van der Waals surface area contributed by atoms with Gasteiger partial charge in [0.05, 0.1) is 12.0 Å². The van der Waals surface area contributed by atoms with E-state index in [9.17, 15) is 4.79 Å². The van der Waals surface area contributed by atoms with Gasteiger partial charge in [-0.15, -0.1) is 0 Å². The second kappa shape index (κ2) is 1.81. The number of hydrogen-bond acceptors (Lipinski definition) is 4. The van der Waals surface area contributed by atoms with Gasteiger partial charge in [0.25, 0.3) is 0 Å². The molecule has 0 spiro atoms. The van der Waals surface area contributed by atoms with E-state index in [0.717, 1.165) is 0 Å². The third-order valence-corrected chi connectivity index (χ3v) is 0.954. The molecular formula is C5H6N2O2. The van der Waals surface area contributed by atoms with E-state index in [0.29, 0.717) is 0 Å². The number of rotatable bonds is 0. The highest BCUT2D eigenvalue weighted by atomic mass is 16.4. The molecule has 0 aliphatic carbocycles. The Labute approximate surface area is 51.1 Å². The minimum Gasteiger partial charge on any atom is -0.430 e. The minimum atomic E-state index is -0.588. The molecular weight excluding hydrogens is 120 g/mol. The van der Waals surface area contributed by atoms with Crippen LogP contribution in [-0.4, -0.2) is 0 Å². The lowest BCUT2D eigenvalue weighted by atomic mass is 10.4. The molecule has 0 radical (unpaired) electrons. The maximum atomic E-state index is 10.5. The van der Waals surface area contributed by atoms with E-state index >= 15 is 0 Å². The molecule has 48 valence electrons. The Balaban J connectivity index is 3.43. The van der Waals surface area contributed by atoms with E-state index < -0.39 is 5.63 Å². The van der Waals surface area contributed by atoms with E-state index in [1.807, 2.05) is 0 Å². The van der Waals surface area contributed by atoms with Crippen LogP contribution in [0.2, 0.25) is 0 Å². The smallest absolute Gasteiger partial charge is 0.361 e. The molecule has 0 aliphatic heterocycles. The average Bonchev–Trinajstić information content (AvgIpc) is 1.83. The number of nitrogens with two attached hydrogens (primary N) is 2. The first-order valence-electron chi connectivity index (χ1n) is 2.34. The van der Waals surface area contributed by atoms with Gasteiger partial charge in [0.1, 0.15) is 5.69 Å². The molecule has 0 aromatic carbocycles. The lowest BCUT2D eigenvalue weighted by Gasteiger charge is -1.92. The van der Waals surface area contributed by atoms with Crippen molar-refractivity contribution in [3.8, 4) is 0 Å². The Morgan fingerprint density at radius 2 is 2.11 bits per heavy atom. The van der Waals surface area contributed by atoms with Crippen LogP contribution in [0.1, 0.15) is 0 Å². The molecule has 0 saturated carbocycles. The lowest BCUT2D eigenvalue weighted by molar-refractivity contribution is 0.515. The number of nitrogen functional groups attached to an aromatic ring is 2. The summed E-state index contributed by atoms with van der Waals surface area (Å²) in [5.74, 6) is 0. The second-order valence-corrected chi connectivity index (χ2v) is 1.58. The van der Waals surface area contributed by atoms with Gasteiger partial charge in [-0.3, -0.25) is 0 Å². The molecule has 1 aromatic rings. The molecule has 0 aliphatic rings. The fourth-order valence-corrected chi connectivity index (χ4v) is 0.440. The highest BCUT2D eigenvalue weighted by Gasteiger charge is 1.96. The van der Waals surface area contributed by atoms with Crippen molar-refractivity contribution < 1.29 is 4.42 Å². The summed E-state index contributed by atoms with van der Waals surface area (Å²) in [6, 6.07) is 1.43. The Hall–Kier alpha value is -1.45. The summed E-state index contributed by atoms with van der Waals surface area (Å²) in [5, 5.41) is 0. The largest absolute Gasteiger partial charge is 0.430 e. The van der Waals surface area contributed by atoms with Crippen LogP contribution < -0.4 is 17.1 Å². The summed E-state index contributed by atoms with van der Waals surface area (Å²) in [7, 11) is 0. The van der Waals surface area contributed by atoms with Gasteiger partial charge in [0.2, 0.25) is 0 Å². The van der Waals surface area contributed by atoms with E-state index in [-0.39, 0.29) is 11.4 Å². The van der Waals surface area contributed by atoms with Gasteiger partial charge in [-0.2, -0.15) is 0 Å². The summed E-state index contributed by atoms with van der Waals surface area (Å²) in [6.45, 7) is 0. The fraction of sp³-hybridized carbons (Fsp3) is 0. The van der Waals surface area contributed by atoms with Gasteiger partial charge in [-0.25, -0.2) is 4.79 Å². The zero-order valence-electron chi connectivity index (χ0n) is 4.63. The fourth-order valence-electron chi connectivity index (χ4n) is 0.440. The van der Waals surface area contributed by atoms with Crippen molar-refractivity contribution in [2.45, 2.75) is 0 Å². The summed E-state index contributed by atoms with van der Waals surface area (Å²) in [5.41, 5.74) is 10.0. The van der Waals surface area contributed by atoms with Crippen LogP contribution in [0.5, 0.6) is 0 Å². The number of hydrogen-bond donors (Lipinski definition) is 2. The van der Waals surface area contributed by atoms with Gasteiger partial charge in [0.15, 0.2) is 0 Å². The lowest BCUT2D eigenvalue weighted by Crippen LogP contribution is -2.08. The van der Waals surface area contributed by atoms with Gasteiger partial charge >= 0.3 is 5.63 Å². The van der Waals surface area contributed by atoms with Crippen molar-refractivity contribution in [1.29, 1.82) is 0 Å². The van der Waals surface area contributed by atoms with Crippen LogP contribution in [0, 0.1) is 0 Å². The van der Waals surface area contributed by atoms with Crippen LogP contribution in [0.3, 0.4) is 0 Å². The zero-order chi connectivity index (χ0) is 6.85. The van der Waals surface area contributed by atoms with Crippen LogP contribution in [-0.2, 0) is 0 Å². The standard InChI is InChI=1S/C5H6N2O2/c6-3-1-2-9-5(8)4(3)7/h1-2H,6-7H2. The third-order valence-electron chi connectivity index (χ3n) is 0.954. The van der Waals surface area contributed by atoms with Crippen molar-refractivity contribution >= 4 is 11.4 Å². The van der Waals surface area contributed by atoms with Crippen LogP contribution in [0.15, 0.2) is 21.5 Å². The maximum absolute atomic E-state index is 10.5. The molecule has 4 heteroatoms. The molecule has 4 nitrogen and oxygen atoms in total. The summed E-state index contributed by atoms with van der Waals surface area (Å²) in [6.07, 6.45) is 1.20. The Morgan fingerprint density at radius 1 is 1.44 bits per heavy atom. The Bertz CT molecular complexity index is 266. The predicted molar refractivity (Wildman–Crippen MR) is 33.8 cm³/mol.